The number of ether oxygens (including phenoxy) is 1. The molecule has 132 valence electrons. The summed E-state index contributed by atoms with van der Waals surface area (Å²) in [7, 11) is 0. The van der Waals surface area contributed by atoms with Crippen LogP contribution in [0.3, 0.4) is 0 Å². The van der Waals surface area contributed by atoms with Gasteiger partial charge in [0.05, 0.1) is 13.2 Å². The van der Waals surface area contributed by atoms with E-state index in [2.05, 4.69) is 44.4 Å². The monoisotopic (exact) mass is 339 g/mol. The summed E-state index contributed by atoms with van der Waals surface area (Å²) in [5.41, 5.74) is 3.27. The Morgan fingerprint density at radius 2 is 1.64 bits per heavy atom. The zero-order valence-corrected chi connectivity index (χ0v) is 14.7. The smallest absolute Gasteiger partial charge is 0.229 e. The molecule has 0 saturated carbocycles. The molecule has 0 amide bonds. The van der Waals surface area contributed by atoms with Gasteiger partial charge in [-0.3, -0.25) is 0 Å². The molecule has 0 radical (unpaired) electrons. The van der Waals surface area contributed by atoms with Crippen LogP contribution in [0.4, 0.5) is 23.1 Å². The third-order valence-electron chi connectivity index (χ3n) is 4.77. The highest BCUT2D eigenvalue weighted by molar-refractivity contribution is 5.60. The first-order valence-electron chi connectivity index (χ1n) is 9.08. The molecule has 4 rings (SSSR count). The van der Waals surface area contributed by atoms with Crippen molar-refractivity contribution in [2.45, 2.75) is 19.8 Å². The molecule has 1 aromatic carbocycles. The van der Waals surface area contributed by atoms with Crippen LogP contribution in [0, 0.1) is 6.92 Å². The van der Waals surface area contributed by atoms with E-state index in [0.29, 0.717) is 5.95 Å². The number of nitrogens with zero attached hydrogens (tertiary/aromatic N) is 4. The lowest BCUT2D eigenvalue weighted by Crippen LogP contribution is -2.36. The Morgan fingerprint density at radius 1 is 0.920 bits per heavy atom. The van der Waals surface area contributed by atoms with Crippen LogP contribution < -0.4 is 15.1 Å². The minimum absolute atomic E-state index is 0.649. The Kier molecular flexibility index (Phi) is 4.70. The van der Waals surface area contributed by atoms with Crippen LogP contribution in [0.15, 0.2) is 30.3 Å². The van der Waals surface area contributed by atoms with Gasteiger partial charge in [0, 0.05) is 49.3 Å². The fraction of sp³-hybridized carbons (Fsp3) is 0.474. The molecule has 0 spiro atoms. The maximum atomic E-state index is 5.43. The van der Waals surface area contributed by atoms with Crippen LogP contribution in [0.1, 0.15) is 18.5 Å². The number of nitrogens with one attached hydrogen (secondary N) is 1. The van der Waals surface area contributed by atoms with E-state index in [4.69, 9.17) is 9.72 Å². The summed E-state index contributed by atoms with van der Waals surface area (Å²) in [5.74, 6) is 1.61. The molecule has 25 heavy (non-hydrogen) atoms. The van der Waals surface area contributed by atoms with Crippen molar-refractivity contribution >= 4 is 23.1 Å². The van der Waals surface area contributed by atoms with Crippen molar-refractivity contribution in [1.82, 2.24) is 9.97 Å². The standard InChI is InChI=1S/C19H25N5O/c1-15-14-18(24-10-12-25-13-11-24)22-19(20-15)21-16-4-6-17(7-5-16)23-8-2-3-9-23/h4-7,14H,2-3,8-13H2,1H3,(H,20,21,22). The Hall–Kier alpha value is -2.34. The molecule has 0 aliphatic carbocycles. The Bertz CT molecular complexity index is 706. The molecular weight excluding hydrogens is 314 g/mol. The van der Waals surface area contributed by atoms with E-state index < -0.39 is 0 Å². The highest BCUT2D eigenvalue weighted by Gasteiger charge is 2.15. The maximum Gasteiger partial charge on any atom is 0.229 e. The maximum absolute atomic E-state index is 5.43. The van der Waals surface area contributed by atoms with Crippen molar-refractivity contribution < 1.29 is 4.74 Å². The van der Waals surface area contributed by atoms with Crippen LogP contribution in [0.25, 0.3) is 0 Å². The molecule has 0 atom stereocenters. The lowest BCUT2D eigenvalue weighted by atomic mass is 10.2. The molecule has 3 heterocycles. The van der Waals surface area contributed by atoms with Gasteiger partial charge in [0.2, 0.25) is 5.95 Å². The molecule has 6 heteroatoms. The summed E-state index contributed by atoms with van der Waals surface area (Å²) in [6.45, 7) is 7.59. The van der Waals surface area contributed by atoms with Gasteiger partial charge in [0.15, 0.2) is 0 Å². The van der Waals surface area contributed by atoms with Crippen LogP contribution in [0.2, 0.25) is 0 Å². The van der Waals surface area contributed by atoms with Crippen LogP contribution >= 0.6 is 0 Å². The number of benzene rings is 1. The molecule has 2 aliphatic rings. The van der Waals surface area contributed by atoms with E-state index in [1.165, 1.54) is 18.5 Å². The number of rotatable bonds is 4. The minimum Gasteiger partial charge on any atom is -0.378 e. The second-order valence-electron chi connectivity index (χ2n) is 6.66. The van der Waals surface area contributed by atoms with E-state index >= 15 is 0 Å². The number of anilines is 4. The summed E-state index contributed by atoms with van der Waals surface area (Å²) in [5, 5.41) is 3.34. The van der Waals surface area contributed by atoms with Gasteiger partial charge >= 0.3 is 0 Å². The zero-order chi connectivity index (χ0) is 17.1. The van der Waals surface area contributed by atoms with Crippen LogP contribution in [-0.2, 0) is 4.74 Å². The summed E-state index contributed by atoms with van der Waals surface area (Å²) >= 11 is 0. The highest BCUT2D eigenvalue weighted by atomic mass is 16.5. The molecule has 2 saturated heterocycles. The van der Waals surface area contributed by atoms with Gasteiger partial charge in [-0.05, 0) is 44.0 Å². The molecule has 0 bridgehead atoms. The van der Waals surface area contributed by atoms with Gasteiger partial charge in [0.1, 0.15) is 5.82 Å². The van der Waals surface area contributed by atoms with Crippen molar-refractivity contribution in [3.63, 3.8) is 0 Å². The number of morpholine rings is 1. The van der Waals surface area contributed by atoms with Gasteiger partial charge in [0.25, 0.3) is 0 Å². The van der Waals surface area contributed by atoms with Gasteiger partial charge < -0.3 is 19.9 Å². The van der Waals surface area contributed by atoms with E-state index in [1.54, 1.807) is 0 Å². The Labute approximate surface area is 148 Å². The second-order valence-corrected chi connectivity index (χ2v) is 6.66. The van der Waals surface area contributed by atoms with Crippen LogP contribution in [-0.4, -0.2) is 49.4 Å². The molecule has 2 aliphatic heterocycles. The van der Waals surface area contributed by atoms with E-state index in [-0.39, 0.29) is 0 Å². The minimum atomic E-state index is 0.649. The SMILES string of the molecule is Cc1cc(N2CCOCC2)nc(Nc2ccc(N3CCCC3)cc2)n1. The average molecular weight is 339 g/mol. The first kappa shape index (κ1) is 16.1. The number of aromatic nitrogens is 2. The van der Waals surface area contributed by atoms with E-state index in [1.807, 2.05) is 13.0 Å². The third-order valence-corrected chi connectivity index (χ3v) is 4.77. The second kappa shape index (κ2) is 7.27. The molecular formula is C19H25N5O. The van der Waals surface area contributed by atoms with Crippen LogP contribution in [0.5, 0.6) is 0 Å². The summed E-state index contributed by atoms with van der Waals surface area (Å²) in [4.78, 5) is 13.9. The molecule has 1 aromatic heterocycles. The molecule has 0 unspecified atom stereocenters. The topological polar surface area (TPSA) is 53.5 Å². The van der Waals surface area contributed by atoms with Crippen molar-refractivity contribution in [2.24, 2.45) is 0 Å². The van der Waals surface area contributed by atoms with E-state index in [9.17, 15) is 0 Å². The number of aryl methyl sites for hydroxylation is 1. The quantitative estimate of drug-likeness (QED) is 0.924. The number of hydrogen-bond acceptors (Lipinski definition) is 6. The molecule has 1 N–H and O–H groups in total. The van der Waals surface area contributed by atoms with Crippen molar-refractivity contribution in [1.29, 1.82) is 0 Å². The summed E-state index contributed by atoms with van der Waals surface area (Å²) in [6, 6.07) is 10.6. The molecule has 2 fully saturated rings. The largest absolute Gasteiger partial charge is 0.378 e. The number of hydrogen-bond donors (Lipinski definition) is 1. The normalized spacial score (nSPS) is 17.8. The van der Waals surface area contributed by atoms with Crippen molar-refractivity contribution in [3.05, 3.63) is 36.0 Å². The van der Waals surface area contributed by atoms with Gasteiger partial charge in [-0.2, -0.15) is 4.98 Å². The van der Waals surface area contributed by atoms with Crippen molar-refractivity contribution in [3.8, 4) is 0 Å². The van der Waals surface area contributed by atoms with Gasteiger partial charge in [-0.1, -0.05) is 0 Å². The Morgan fingerprint density at radius 3 is 2.36 bits per heavy atom. The zero-order valence-electron chi connectivity index (χ0n) is 14.7. The third kappa shape index (κ3) is 3.85. The van der Waals surface area contributed by atoms with E-state index in [0.717, 1.165) is 56.6 Å². The summed E-state index contributed by atoms with van der Waals surface area (Å²) < 4.78 is 5.43. The summed E-state index contributed by atoms with van der Waals surface area (Å²) in [6.07, 6.45) is 2.59. The first-order chi connectivity index (χ1) is 12.3. The lowest BCUT2D eigenvalue weighted by molar-refractivity contribution is 0.122. The lowest BCUT2D eigenvalue weighted by Gasteiger charge is -2.28. The fourth-order valence-corrected chi connectivity index (χ4v) is 3.42. The molecule has 6 nitrogen and oxygen atoms in total. The Balaban J connectivity index is 1.48. The fourth-order valence-electron chi connectivity index (χ4n) is 3.42. The predicted octanol–water partition coefficient (Wildman–Crippen LogP) is 2.97. The van der Waals surface area contributed by atoms with Gasteiger partial charge in [-0.25, -0.2) is 4.98 Å². The van der Waals surface area contributed by atoms with Crippen molar-refractivity contribution in [2.75, 3.05) is 54.5 Å². The van der Waals surface area contributed by atoms with Gasteiger partial charge in [-0.15, -0.1) is 0 Å². The predicted molar refractivity (Wildman–Crippen MR) is 101 cm³/mol. The average Bonchev–Trinajstić information content (AvgIpc) is 3.17. The first-order valence-corrected chi connectivity index (χ1v) is 9.08. The highest BCUT2D eigenvalue weighted by Crippen LogP contribution is 2.24. The molecule has 2 aromatic rings.